The number of Topliss-reactive ketones (excluding diaryl/α,β-unsaturated/α-hetero) is 1. The van der Waals surface area contributed by atoms with E-state index in [1.54, 1.807) is 18.3 Å². The molecule has 2 rings (SSSR count). The molecule has 1 aromatic rings. The number of allylic oxidation sites excluding steroid dienone is 1. The molecule has 0 bridgehead atoms. The van der Waals surface area contributed by atoms with Gasteiger partial charge in [-0.15, -0.1) is 11.3 Å². The van der Waals surface area contributed by atoms with Gasteiger partial charge in [0.2, 0.25) is 0 Å². The van der Waals surface area contributed by atoms with Crippen LogP contribution >= 0.6 is 11.3 Å². The normalized spacial score (nSPS) is 17.3. The molecule has 0 unspecified atom stereocenters. The lowest BCUT2D eigenvalue weighted by Crippen LogP contribution is -2.35. The molecule has 4 heteroatoms. The van der Waals surface area contributed by atoms with Crippen molar-refractivity contribution in [3.63, 3.8) is 0 Å². The van der Waals surface area contributed by atoms with E-state index in [0.29, 0.717) is 0 Å². The van der Waals surface area contributed by atoms with Gasteiger partial charge in [0.05, 0.1) is 18.2 Å². The first-order chi connectivity index (χ1) is 8.16. The third kappa shape index (κ3) is 3.17. The number of ether oxygens (including phenoxy) is 1. The van der Waals surface area contributed by atoms with Crippen LogP contribution in [0.25, 0.3) is 6.08 Å². The molecule has 1 aliphatic rings. The van der Waals surface area contributed by atoms with Crippen molar-refractivity contribution in [2.75, 3.05) is 31.2 Å². The fourth-order valence-corrected chi connectivity index (χ4v) is 2.75. The highest BCUT2D eigenvalue weighted by molar-refractivity contribution is 7.16. The minimum atomic E-state index is 0.131. The van der Waals surface area contributed by atoms with Gasteiger partial charge in [-0.2, -0.15) is 0 Å². The van der Waals surface area contributed by atoms with Crippen molar-refractivity contribution in [1.29, 1.82) is 0 Å². The van der Waals surface area contributed by atoms with E-state index in [1.165, 1.54) is 5.00 Å². The minimum absolute atomic E-state index is 0.131. The molecular weight excluding hydrogens is 234 g/mol. The predicted molar refractivity (Wildman–Crippen MR) is 71.7 cm³/mol. The molecule has 1 aromatic heterocycles. The molecule has 3 nitrogen and oxygen atoms in total. The summed E-state index contributed by atoms with van der Waals surface area (Å²) >= 11 is 1.73. The number of rotatable bonds is 3. The molecule has 0 aliphatic carbocycles. The summed E-state index contributed by atoms with van der Waals surface area (Å²) in [6.07, 6.45) is 1.96. The number of hydrogen-bond donors (Lipinski definition) is 0. The first-order valence-electron chi connectivity index (χ1n) is 5.78. The Labute approximate surface area is 106 Å². The Hall–Kier alpha value is -1.13. The Balaban J connectivity index is 2.10. The third-order valence-electron chi connectivity index (χ3n) is 2.85. The number of carbonyl (C=O) groups is 1. The SMILES string of the molecule is CC(=O)/C(C)=C/c1ccc(N2CCOCC2)s1. The second-order valence-electron chi connectivity index (χ2n) is 4.16. The van der Waals surface area contributed by atoms with Crippen LogP contribution in [0.2, 0.25) is 0 Å². The van der Waals surface area contributed by atoms with Gasteiger partial charge in [-0.3, -0.25) is 4.79 Å². The third-order valence-corrected chi connectivity index (χ3v) is 3.94. The maximum absolute atomic E-state index is 11.2. The van der Waals surface area contributed by atoms with E-state index in [4.69, 9.17) is 4.74 Å². The molecule has 0 spiro atoms. The fraction of sp³-hybridized carbons (Fsp3) is 0.462. The molecule has 0 atom stereocenters. The summed E-state index contributed by atoms with van der Waals surface area (Å²) in [6, 6.07) is 4.19. The minimum Gasteiger partial charge on any atom is -0.378 e. The molecule has 1 saturated heterocycles. The number of thiophene rings is 1. The topological polar surface area (TPSA) is 29.5 Å². The van der Waals surface area contributed by atoms with E-state index in [2.05, 4.69) is 17.0 Å². The van der Waals surface area contributed by atoms with E-state index in [1.807, 2.05) is 13.0 Å². The van der Waals surface area contributed by atoms with Crippen LogP contribution < -0.4 is 4.90 Å². The number of ketones is 1. The summed E-state index contributed by atoms with van der Waals surface area (Å²) in [5, 5.41) is 1.26. The summed E-state index contributed by atoms with van der Waals surface area (Å²) in [6.45, 7) is 6.97. The smallest absolute Gasteiger partial charge is 0.155 e. The maximum Gasteiger partial charge on any atom is 0.155 e. The van der Waals surface area contributed by atoms with Crippen LogP contribution in [-0.4, -0.2) is 32.1 Å². The van der Waals surface area contributed by atoms with Gasteiger partial charge in [-0.1, -0.05) is 0 Å². The number of anilines is 1. The first-order valence-corrected chi connectivity index (χ1v) is 6.60. The average molecular weight is 251 g/mol. The highest BCUT2D eigenvalue weighted by atomic mass is 32.1. The molecule has 92 valence electrons. The largest absolute Gasteiger partial charge is 0.378 e. The highest BCUT2D eigenvalue weighted by Gasteiger charge is 2.12. The summed E-state index contributed by atoms with van der Waals surface area (Å²) in [7, 11) is 0. The zero-order valence-electron chi connectivity index (χ0n) is 10.2. The Morgan fingerprint density at radius 1 is 1.35 bits per heavy atom. The standard InChI is InChI=1S/C13H17NO2S/c1-10(11(2)15)9-12-3-4-13(17-12)14-5-7-16-8-6-14/h3-4,9H,5-8H2,1-2H3/b10-9+. The van der Waals surface area contributed by atoms with Crippen molar-refractivity contribution < 1.29 is 9.53 Å². The molecule has 1 aliphatic heterocycles. The zero-order chi connectivity index (χ0) is 12.3. The monoisotopic (exact) mass is 251 g/mol. The van der Waals surface area contributed by atoms with Gasteiger partial charge < -0.3 is 9.64 Å². The summed E-state index contributed by atoms with van der Waals surface area (Å²) < 4.78 is 5.33. The van der Waals surface area contributed by atoms with Crippen LogP contribution in [0.1, 0.15) is 18.7 Å². The fourth-order valence-electron chi connectivity index (χ4n) is 1.69. The number of hydrogen-bond acceptors (Lipinski definition) is 4. The van der Waals surface area contributed by atoms with Crippen molar-refractivity contribution in [2.24, 2.45) is 0 Å². The summed E-state index contributed by atoms with van der Waals surface area (Å²) in [4.78, 5) is 14.6. The summed E-state index contributed by atoms with van der Waals surface area (Å²) in [5.74, 6) is 0.131. The quantitative estimate of drug-likeness (QED) is 0.773. The maximum atomic E-state index is 11.2. The molecule has 0 aromatic carbocycles. The van der Waals surface area contributed by atoms with Gasteiger partial charge in [0.1, 0.15) is 0 Å². The molecular formula is C13H17NO2S. The summed E-state index contributed by atoms with van der Waals surface area (Å²) in [5.41, 5.74) is 0.806. The zero-order valence-corrected chi connectivity index (χ0v) is 11.0. The van der Waals surface area contributed by atoms with Crippen LogP contribution in [0.4, 0.5) is 5.00 Å². The van der Waals surface area contributed by atoms with Crippen molar-refractivity contribution in [1.82, 2.24) is 0 Å². The van der Waals surface area contributed by atoms with Gasteiger partial charge in [0.15, 0.2) is 5.78 Å². The van der Waals surface area contributed by atoms with Crippen LogP contribution in [0.5, 0.6) is 0 Å². The molecule has 0 radical (unpaired) electrons. The lowest BCUT2D eigenvalue weighted by molar-refractivity contribution is -0.113. The van der Waals surface area contributed by atoms with E-state index >= 15 is 0 Å². The van der Waals surface area contributed by atoms with E-state index < -0.39 is 0 Å². The molecule has 0 amide bonds. The van der Waals surface area contributed by atoms with Gasteiger partial charge in [-0.05, 0) is 37.6 Å². The van der Waals surface area contributed by atoms with Crippen molar-refractivity contribution in [3.8, 4) is 0 Å². The van der Waals surface area contributed by atoms with Crippen molar-refractivity contribution in [3.05, 3.63) is 22.6 Å². The Morgan fingerprint density at radius 3 is 2.71 bits per heavy atom. The van der Waals surface area contributed by atoms with Gasteiger partial charge in [0, 0.05) is 18.0 Å². The number of nitrogens with zero attached hydrogens (tertiary/aromatic N) is 1. The molecule has 2 heterocycles. The molecule has 1 fully saturated rings. The van der Waals surface area contributed by atoms with Crippen LogP contribution in [0, 0.1) is 0 Å². The molecule has 17 heavy (non-hydrogen) atoms. The Kier molecular flexibility index (Phi) is 3.97. The van der Waals surface area contributed by atoms with Crippen molar-refractivity contribution >= 4 is 28.2 Å². The molecule has 0 saturated carbocycles. The Bertz CT molecular complexity index is 430. The number of carbonyl (C=O) groups excluding carboxylic acids is 1. The van der Waals surface area contributed by atoms with Crippen LogP contribution in [0.3, 0.4) is 0 Å². The van der Waals surface area contributed by atoms with E-state index in [-0.39, 0.29) is 5.78 Å². The van der Waals surface area contributed by atoms with Crippen LogP contribution in [-0.2, 0) is 9.53 Å². The highest BCUT2D eigenvalue weighted by Crippen LogP contribution is 2.28. The Morgan fingerprint density at radius 2 is 2.06 bits per heavy atom. The average Bonchev–Trinajstić information content (AvgIpc) is 2.78. The van der Waals surface area contributed by atoms with Gasteiger partial charge >= 0.3 is 0 Å². The van der Waals surface area contributed by atoms with Crippen LogP contribution in [0.15, 0.2) is 17.7 Å². The second-order valence-corrected chi connectivity index (χ2v) is 5.25. The van der Waals surface area contributed by atoms with Gasteiger partial charge in [-0.25, -0.2) is 0 Å². The van der Waals surface area contributed by atoms with Crippen molar-refractivity contribution in [2.45, 2.75) is 13.8 Å². The first kappa shape index (κ1) is 12.3. The second kappa shape index (κ2) is 5.47. The van der Waals surface area contributed by atoms with E-state index in [0.717, 1.165) is 36.8 Å². The lowest BCUT2D eigenvalue weighted by atomic mass is 10.2. The van der Waals surface area contributed by atoms with E-state index in [9.17, 15) is 4.79 Å². The number of morpholine rings is 1. The lowest BCUT2D eigenvalue weighted by Gasteiger charge is -2.27. The molecule has 0 N–H and O–H groups in total. The van der Waals surface area contributed by atoms with Gasteiger partial charge in [0.25, 0.3) is 0 Å². The predicted octanol–water partition coefficient (Wildman–Crippen LogP) is 2.58.